The summed E-state index contributed by atoms with van der Waals surface area (Å²) < 4.78 is 3.05. The maximum Gasteiger partial charge on any atom is -1.00 e. The van der Waals surface area contributed by atoms with E-state index >= 15 is 0 Å². The van der Waals surface area contributed by atoms with Crippen molar-refractivity contribution in [2.45, 2.75) is 13.1 Å². The standard InChI is InChI=1S/C8H6N.C7H9Si.2ClH.Ti/c1-2-4-8-7(3-1)5-6-9-8;1-8(2)7-5-3-4-6-7;;;/h1-5,9H;3-5H,1-2H3;2*1H;/q;;;;+2/p-2. The Bertz CT molecular complexity index is 664. The van der Waals surface area contributed by atoms with E-state index in [9.17, 15) is 0 Å². The number of rotatable bonds is 2. The molecule has 0 unspecified atom stereocenters. The van der Waals surface area contributed by atoms with Crippen LogP contribution in [0.15, 0.2) is 52.4 Å². The monoisotopic (exact) mass is 355 g/mol. The van der Waals surface area contributed by atoms with Crippen molar-refractivity contribution in [3.05, 3.63) is 52.4 Å². The second-order valence-corrected chi connectivity index (χ2v) is 9.36. The zero-order chi connectivity index (χ0) is 12.5. The van der Waals surface area contributed by atoms with Gasteiger partial charge in [0, 0.05) is 0 Å². The van der Waals surface area contributed by atoms with Crippen molar-refractivity contribution in [1.82, 2.24) is 4.98 Å². The van der Waals surface area contributed by atoms with E-state index in [4.69, 9.17) is 0 Å². The Labute approximate surface area is 142 Å². The van der Waals surface area contributed by atoms with E-state index < -0.39 is 0 Å². The van der Waals surface area contributed by atoms with Crippen molar-refractivity contribution in [3.8, 4) is 0 Å². The van der Waals surface area contributed by atoms with E-state index in [1.807, 2.05) is 0 Å². The van der Waals surface area contributed by atoms with Crippen LogP contribution in [0.25, 0.3) is 10.9 Å². The molecule has 0 atom stereocenters. The Kier molecular flexibility index (Phi) is 6.70. The first-order valence-corrected chi connectivity index (χ1v) is 10.2. The molecule has 1 aliphatic carbocycles. The van der Waals surface area contributed by atoms with Gasteiger partial charge in [0.05, 0.1) is 0 Å². The maximum absolute atomic E-state index is 3.57. The Balaban J connectivity index is 0.000001000. The van der Waals surface area contributed by atoms with Gasteiger partial charge in [0.1, 0.15) is 0 Å². The van der Waals surface area contributed by atoms with Crippen LogP contribution >= 0.6 is 0 Å². The first kappa shape index (κ1) is 17.7. The number of aromatic amines is 1. The van der Waals surface area contributed by atoms with Crippen LogP contribution < -0.4 is 28.8 Å². The average molecular weight is 356 g/mol. The molecule has 3 rings (SSSR count). The molecule has 0 fully saturated rings. The molecule has 1 N–H and O–H groups in total. The summed E-state index contributed by atoms with van der Waals surface area (Å²) in [5, 5.41) is 2.96. The van der Waals surface area contributed by atoms with Crippen LogP contribution in [-0.4, -0.2) is 18.6 Å². The van der Waals surface area contributed by atoms with Crippen molar-refractivity contribution in [3.63, 3.8) is 0 Å². The second kappa shape index (κ2) is 7.58. The van der Waals surface area contributed by atoms with Gasteiger partial charge in [0.25, 0.3) is 0 Å². The average Bonchev–Trinajstić information content (AvgIpc) is 2.94. The zero-order valence-corrected chi connectivity index (χ0v) is 15.4. The van der Waals surface area contributed by atoms with Gasteiger partial charge in [-0.25, -0.2) is 0 Å². The summed E-state index contributed by atoms with van der Waals surface area (Å²) in [6, 6.07) is 10.9. The maximum atomic E-state index is 3.57. The van der Waals surface area contributed by atoms with Crippen molar-refractivity contribution in [1.29, 1.82) is 0 Å². The van der Waals surface area contributed by atoms with Gasteiger partial charge in [-0.1, -0.05) is 0 Å². The molecule has 1 aliphatic rings. The molecule has 1 aromatic carbocycles. The Morgan fingerprint density at radius 3 is 2.55 bits per heavy atom. The van der Waals surface area contributed by atoms with E-state index in [2.05, 4.69) is 66.6 Å². The quantitative estimate of drug-likeness (QED) is 0.548. The largest absolute Gasteiger partial charge is 1.00 e. The van der Waals surface area contributed by atoms with Gasteiger partial charge < -0.3 is 24.8 Å². The predicted octanol–water partition coefficient (Wildman–Crippen LogP) is -3.15. The summed E-state index contributed by atoms with van der Waals surface area (Å²) in [7, 11) is -0.330. The van der Waals surface area contributed by atoms with E-state index in [0.29, 0.717) is 0 Å². The third-order valence-electron chi connectivity index (χ3n) is 3.15. The summed E-state index contributed by atoms with van der Waals surface area (Å²) >= 11 is -0.216. The van der Waals surface area contributed by atoms with Crippen molar-refractivity contribution in [2.24, 2.45) is 0 Å². The fourth-order valence-electron chi connectivity index (χ4n) is 2.25. The molecule has 0 amide bonds. The van der Waals surface area contributed by atoms with Gasteiger partial charge in [-0.3, -0.25) is 0 Å². The summed E-state index contributed by atoms with van der Waals surface area (Å²) in [6.07, 6.45) is 6.85. The minimum Gasteiger partial charge on any atom is -1.00 e. The molecular formula is C15H15Cl2NSiTi. The van der Waals surface area contributed by atoms with E-state index in [1.54, 1.807) is 9.05 Å². The smallest absolute Gasteiger partial charge is 1.00 e. The van der Waals surface area contributed by atoms with Crippen LogP contribution in [0.1, 0.15) is 0 Å². The van der Waals surface area contributed by atoms with E-state index in [0.717, 1.165) is 0 Å². The summed E-state index contributed by atoms with van der Waals surface area (Å²) in [4.78, 5) is 3.57. The van der Waals surface area contributed by atoms with E-state index in [1.165, 1.54) is 14.9 Å². The number of benzene rings is 1. The molecule has 102 valence electrons. The van der Waals surface area contributed by atoms with Crippen LogP contribution in [0.3, 0.4) is 0 Å². The topological polar surface area (TPSA) is 15.8 Å². The number of hydrogen-bond donors (Lipinski definition) is 1. The molecule has 0 saturated heterocycles. The number of aromatic nitrogens is 1. The number of halogens is 2. The summed E-state index contributed by atoms with van der Waals surface area (Å²) in [5.74, 6) is 0. The SMILES string of the molecule is C[Si](C)=C1C=CC=[C]1[Ti+2][c]1cc2ccccc2[nH]1.[Cl-].[Cl-]. The number of fused-ring (bicyclic) bond motifs is 1. The molecule has 1 nitrogen and oxygen atoms in total. The van der Waals surface area contributed by atoms with Crippen LogP contribution in [0.2, 0.25) is 13.1 Å². The third-order valence-corrected chi connectivity index (χ3v) is 7.00. The fraction of sp³-hybridized carbons (Fsp3) is 0.133. The van der Waals surface area contributed by atoms with Gasteiger partial charge in [-0.05, 0) is 0 Å². The molecular weight excluding hydrogens is 341 g/mol. The van der Waals surface area contributed by atoms with Gasteiger partial charge in [-0.15, -0.1) is 0 Å². The minimum atomic E-state index is -0.330. The van der Waals surface area contributed by atoms with E-state index in [-0.39, 0.29) is 52.4 Å². The van der Waals surface area contributed by atoms with Gasteiger partial charge in [0.2, 0.25) is 0 Å². The van der Waals surface area contributed by atoms with Gasteiger partial charge in [0.15, 0.2) is 0 Å². The van der Waals surface area contributed by atoms with Crippen molar-refractivity contribution in [2.75, 3.05) is 0 Å². The molecule has 1 aromatic heterocycles. The number of nitrogens with one attached hydrogen (secondary N) is 1. The molecule has 0 aliphatic heterocycles. The van der Waals surface area contributed by atoms with Gasteiger partial charge in [-0.2, -0.15) is 0 Å². The molecule has 0 bridgehead atoms. The van der Waals surface area contributed by atoms with Crippen LogP contribution in [0.5, 0.6) is 0 Å². The molecule has 1 heterocycles. The van der Waals surface area contributed by atoms with Gasteiger partial charge >= 0.3 is 118 Å². The zero-order valence-electron chi connectivity index (χ0n) is 11.4. The molecule has 2 aromatic rings. The number of allylic oxidation sites excluding steroid dienone is 4. The minimum absolute atomic E-state index is 0. The number of H-pyrrole nitrogens is 1. The molecule has 0 spiro atoms. The first-order valence-electron chi connectivity index (χ1n) is 6.15. The normalized spacial score (nSPS) is 12.5. The Morgan fingerprint density at radius 1 is 1.10 bits per heavy atom. The van der Waals surface area contributed by atoms with Crippen LogP contribution in [0, 0.1) is 0 Å². The fourth-order valence-corrected chi connectivity index (χ4v) is 6.47. The van der Waals surface area contributed by atoms with Crippen molar-refractivity contribution >= 4 is 28.5 Å². The Morgan fingerprint density at radius 2 is 1.85 bits per heavy atom. The van der Waals surface area contributed by atoms with Crippen LogP contribution in [0.4, 0.5) is 0 Å². The number of hydrogen-bond acceptors (Lipinski definition) is 0. The molecule has 20 heavy (non-hydrogen) atoms. The first-order chi connectivity index (χ1) is 8.74. The van der Waals surface area contributed by atoms with Crippen molar-refractivity contribution < 1.29 is 44.0 Å². The third kappa shape index (κ3) is 3.63. The predicted molar refractivity (Wildman–Crippen MR) is 77.6 cm³/mol. The summed E-state index contributed by atoms with van der Waals surface area (Å²) in [6.45, 7) is 4.75. The number of para-hydroxylation sites is 1. The molecule has 0 radical (unpaired) electrons. The second-order valence-electron chi connectivity index (χ2n) is 4.75. The molecule has 5 heteroatoms. The van der Waals surface area contributed by atoms with Crippen LogP contribution in [-0.2, 0) is 19.2 Å². The Hall–Kier alpha value is -0.379. The summed E-state index contributed by atoms with van der Waals surface area (Å²) in [5.41, 5.74) is 1.27. The molecule has 0 saturated carbocycles.